The number of benzene rings is 1. The van der Waals surface area contributed by atoms with Crippen LogP contribution in [-0.4, -0.2) is 26.3 Å². The molecule has 0 bridgehead atoms. The Kier molecular flexibility index (Phi) is 4.37. The Hall–Kier alpha value is -0.930. The molecule has 2 heterocycles. The van der Waals surface area contributed by atoms with Gasteiger partial charge in [-0.25, -0.2) is 0 Å². The van der Waals surface area contributed by atoms with Crippen LogP contribution in [0, 0.1) is 5.92 Å². The van der Waals surface area contributed by atoms with Crippen molar-refractivity contribution in [2.24, 2.45) is 5.92 Å². The fraction of sp³-hybridized carbons (Fsp3) is 0.625. The van der Waals surface area contributed by atoms with Gasteiger partial charge in [-0.2, -0.15) is 0 Å². The highest BCUT2D eigenvalue weighted by Crippen LogP contribution is 2.41. The van der Waals surface area contributed by atoms with Crippen molar-refractivity contribution in [1.82, 2.24) is 5.32 Å². The lowest BCUT2D eigenvalue weighted by Gasteiger charge is -2.27. The van der Waals surface area contributed by atoms with Gasteiger partial charge in [0.1, 0.15) is 13.2 Å². The number of piperidine rings is 1. The van der Waals surface area contributed by atoms with E-state index in [2.05, 4.69) is 12.2 Å². The van der Waals surface area contributed by atoms with Gasteiger partial charge in [0.25, 0.3) is 0 Å². The van der Waals surface area contributed by atoms with E-state index in [1.807, 2.05) is 6.07 Å². The molecular weight excluding hydrogens is 274 g/mol. The molecule has 1 unspecified atom stereocenters. The molecule has 1 aromatic rings. The standard InChI is InChI=1S/C16H22ClNO2/c1-2-12-13(8-11-4-3-5-18-10-11)14(17)9-15-16(12)20-7-6-19-15/h9,11,18H,2-8,10H2,1H3. The molecule has 1 aromatic carbocycles. The Bertz CT molecular complexity index is 484. The summed E-state index contributed by atoms with van der Waals surface area (Å²) in [4.78, 5) is 0. The molecule has 1 saturated heterocycles. The van der Waals surface area contributed by atoms with Crippen LogP contribution in [0.25, 0.3) is 0 Å². The second kappa shape index (κ2) is 6.23. The minimum absolute atomic E-state index is 0.609. The van der Waals surface area contributed by atoms with E-state index in [1.54, 1.807) is 0 Å². The second-order valence-corrected chi connectivity index (χ2v) is 6.02. The second-order valence-electron chi connectivity index (χ2n) is 5.61. The number of fused-ring (bicyclic) bond motifs is 1. The van der Waals surface area contributed by atoms with Gasteiger partial charge in [-0.1, -0.05) is 18.5 Å². The maximum Gasteiger partial charge on any atom is 0.164 e. The molecule has 1 fully saturated rings. The Morgan fingerprint density at radius 3 is 2.90 bits per heavy atom. The Morgan fingerprint density at radius 1 is 1.30 bits per heavy atom. The predicted molar refractivity (Wildman–Crippen MR) is 81.1 cm³/mol. The van der Waals surface area contributed by atoms with Gasteiger partial charge in [0.15, 0.2) is 11.5 Å². The molecule has 110 valence electrons. The molecule has 0 radical (unpaired) electrons. The van der Waals surface area contributed by atoms with Gasteiger partial charge >= 0.3 is 0 Å². The van der Waals surface area contributed by atoms with Gasteiger partial charge in [-0.05, 0) is 50.3 Å². The third-order valence-corrected chi connectivity index (χ3v) is 4.58. The zero-order chi connectivity index (χ0) is 13.9. The summed E-state index contributed by atoms with van der Waals surface area (Å²) in [5, 5.41) is 4.31. The summed E-state index contributed by atoms with van der Waals surface area (Å²) >= 11 is 6.51. The maximum absolute atomic E-state index is 6.51. The lowest BCUT2D eigenvalue weighted by Crippen LogP contribution is -2.31. The van der Waals surface area contributed by atoms with Crippen molar-refractivity contribution in [1.29, 1.82) is 0 Å². The molecule has 20 heavy (non-hydrogen) atoms. The van der Waals surface area contributed by atoms with Crippen LogP contribution in [0.5, 0.6) is 11.5 Å². The fourth-order valence-electron chi connectivity index (χ4n) is 3.24. The summed E-state index contributed by atoms with van der Waals surface area (Å²) in [7, 11) is 0. The van der Waals surface area contributed by atoms with Crippen LogP contribution in [0.1, 0.15) is 30.9 Å². The minimum Gasteiger partial charge on any atom is -0.486 e. The molecule has 1 N–H and O–H groups in total. The number of hydrogen-bond acceptors (Lipinski definition) is 3. The molecule has 0 amide bonds. The first-order valence-electron chi connectivity index (χ1n) is 7.60. The fourth-order valence-corrected chi connectivity index (χ4v) is 3.53. The van der Waals surface area contributed by atoms with Crippen molar-refractivity contribution in [3.8, 4) is 11.5 Å². The molecule has 4 heteroatoms. The van der Waals surface area contributed by atoms with Crippen LogP contribution >= 0.6 is 11.6 Å². The first-order valence-corrected chi connectivity index (χ1v) is 7.98. The molecule has 0 saturated carbocycles. The quantitative estimate of drug-likeness (QED) is 0.929. The van der Waals surface area contributed by atoms with Gasteiger partial charge in [0.05, 0.1) is 0 Å². The predicted octanol–water partition coefficient (Wildman–Crippen LogP) is 3.22. The van der Waals surface area contributed by atoms with Gasteiger partial charge < -0.3 is 14.8 Å². The average molecular weight is 296 g/mol. The van der Waals surface area contributed by atoms with E-state index in [0.717, 1.165) is 42.5 Å². The van der Waals surface area contributed by atoms with E-state index in [9.17, 15) is 0 Å². The zero-order valence-corrected chi connectivity index (χ0v) is 12.8. The summed E-state index contributed by atoms with van der Waals surface area (Å²) in [5.41, 5.74) is 2.49. The molecule has 2 aliphatic rings. The van der Waals surface area contributed by atoms with E-state index in [-0.39, 0.29) is 0 Å². The van der Waals surface area contributed by atoms with Crippen molar-refractivity contribution in [2.75, 3.05) is 26.3 Å². The third-order valence-electron chi connectivity index (χ3n) is 4.24. The van der Waals surface area contributed by atoms with Crippen molar-refractivity contribution in [3.05, 3.63) is 22.2 Å². The molecule has 0 spiro atoms. The molecule has 3 rings (SSSR count). The molecule has 0 aromatic heterocycles. The Labute approximate surface area is 125 Å². The van der Waals surface area contributed by atoms with E-state index < -0.39 is 0 Å². The molecule has 0 aliphatic carbocycles. The first kappa shape index (κ1) is 14.0. The number of halogens is 1. The minimum atomic E-state index is 0.609. The number of ether oxygens (including phenoxy) is 2. The smallest absolute Gasteiger partial charge is 0.164 e. The van der Waals surface area contributed by atoms with Crippen LogP contribution in [0.4, 0.5) is 0 Å². The number of rotatable bonds is 3. The highest BCUT2D eigenvalue weighted by atomic mass is 35.5. The zero-order valence-electron chi connectivity index (χ0n) is 12.0. The molecule has 2 aliphatic heterocycles. The van der Waals surface area contributed by atoms with Crippen molar-refractivity contribution in [2.45, 2.75) is 32.6 Å². The van der Waals surface area contributed by atoms with E-state index in [1.165, 1.54) is 24.0 Å². The van der Waals surface area contributed by atoms with Gasteiger partial charge in [-0.3, -0.25) is 0 Å². The summed E-state index contributed by atoms with van der Waals surface area (Å²) < 4.78 is 11.5. The highest BCUT2D eigenvalue weighted by Gasteiger charge is 2.23. The lowest BCUT2D eigenvalue weighted by atomic mass is 9.89. The Morgan fingerprint density at radius 2 is 2.15 bits per heavy atom. The van der Waals surface area contributed by atoms with Crippen LogP contribution < -0.4 is 14.8 Å². The number of hydrogen-bond donors (Lipinski definition) is 1. The van der Waals surface area contributed by atoms with Gasteiger partial charge in [0.2, 0.25) is 0 Å². The van der Waals surface area contributed by atoms with E-state index in [4.69, 9.17) is 21.1 Å². The van der Waals surface area contributed by atoms with Crippen LogP contribution in [-0.2, 0) is 12.8 Å². The van der Waals surface area contributed by atoms with Gasteiger partial charge in [-0.15, -0.1) is 0 Å². The summed E-state index contributed by atoms with van der Waals surface area (Å²) in [6.45, 7) is 5.64. The normalized spacial score (nSPS) is 21.8. The SMILES string of the molecule is CCc1c(CC2CCCNC2)c(Cl)cc2c1OCCO2. The largest absolute Gasteiger partial charge is 0.486 e. The average Bonchev–Trinajstić information content (AvgIpc) is 2.49. The molecule has 3 nitrogen and oxygen atoms in total. The lowest BCUT2D eigenvalue weighted by molar-refractivity contribution is 0.169. The van der Waals surface area contributed by atoms with E-state index in [0.29, 0.717) is 19.1 Å². The number of nitrogens with one attached hydrogen (secondary N) is 1. The Balaban J connectivity index is 1.92. The summed E-state index contributed by atoms with van der Waals surface area (Å²) in [6.07, 6.45) is 4.50. The highest BCUT2D eigenvalue weighted by molar-refractivity contribution is 6.31. The summed E-state index contributed by atoms with van der Waals surface area (Å²) in [5.74, 6) is 2.40. The summed E-state index contributed by atoms with van der Waals surface area (Å²) in [6, 6.07) is 1.93. The molecule has 1 atom stereocenters. The van der Waals surface area contributed by atoms with Crippen LogP contribution in [0.15, 0.2) is 6.07 Å². The van der Waals surface area contributed by atoms with E-state index >= 15 is 0 Å². The monoisotopic (exact) mass is 295 g/mol. The van der Waals surface area contributed by atoms with Crippen molar-refractivity contribution < 1.29 is 9.47 Å². The topological polar surface area (TPSA) is 30.5 Å². The molecular formula is C16H22ClNO2. The van der Waals surface area contributed by atoms with Crippen molar-refractivity contribution >= 4 is 11.6 Å². The van der Waals surface area contributed by atoms with Gasteiger partial charge in [0, 0.05) is 16.7 Å². The first-order chi connectivity index (χ1) is 9.79. The maximum atomic E-state index is 6.51. The van der Waals surface area contributed by atoms with Crippen molar-refractivity contribution in [3.63, 3.8) is 0 Å². The third kappa shape index (κ3) is 2.75. The van der Waals surface area contributed by atoms with Crippen LogP contribution in [0.3, 0.4) is 0 Å². The van der Waals surface area contributed by atoms with Crippen LogP contribution in [0.2, 0.25) is 5.02 Å².